The minimum absolute atomic E-state index is 0.256. The largest absolute Gasteiger partial charge is 0.388 e. The van der Waals surface area contributed by atoms with Crippen molar-refractivity contribution in [2.75, 3.05) is 13.1 Å². The van der Waals surface area contributed by atoms with Crippen LogP contribution < -0.4 is 0 Å². The fraction of sp³-hybridized carbons (Fsp3) is 0.500. The Morgan fingerprint density at radius 2 is 1.86 bits per heavy atom. The average Bonchev–Trinajstić information content (AvgIpc) is 2.53. The Hall–Kier alpha value is -1.61. The molecular weight excluding hydrogens is 262 g/mol. The third-order valence-electron chi connectivity index (χ3n) is 4.81. The van der Waals surface area contributed by atoms with Crippen molar-refractivity contribution in [2.45, 2.75) is 31.8 Å². The van der Waals surface area contributed by atoms with Crippen LogP contribution in [-0.4, -0.2) is 29.0 Å². The number of nitrogens with zero attached hydrogens (tertiary/aromatic N) is 1. The van der Waals surface area contributed by atoms with Gasteiger partial charge in [0.05, 0.1) is 6.10 Å². The van der Waals surface area contributed by atoms with Crippen LogP contribution in [0.15, 0.2) is 42.5 Å². The lowest BCUT2D eigenvalue weighted by molar-refractivity contribution is -0.137. The first-order valence-corrected chi connectivity index (χ1v) is 7.90. The SMILES string of the molecule is O=C1C[C@@H]2CC=CC[C@@H]2CN1CC[C@@H](O)c1ccccc1. The molecule has 3 rings (SSSR count). The molecule has 1 aliphatic carbocycles. The van der Waals surface area contributed by atoms with Crippen LogP contribution in [0.4, 0.5) is 0 Å². The highest BCUT2D eigenvalue weighted by Crippen LogP contribution is 2.33. The van der Waals surface area contributed by atoms with E-state index in [0.717, 1.165) is 24.9 Å². The maximum absolute atomic E-state index is 12.2. The predicted octanol–water partition coefficient (Wildman–Crippen LogP) is 2.92. The van der Waals surface area contributed by atoms with E-state index in [4.69, 9.17) is 0 Å². The lowest BCUT2D eigenvalue weighted by Crippen LogP contribution is -2.45. The molecule has 3 nitrogen and oxygen atoms in total. The Kier molecular flexibility index (Phi) is 4.39. The van der Waals surface area contributed by atoms with Crippen molar-refractivity contribution in [3.05, 3.63) is 48.0 Å². The second kappa shape index (κ2) is 6.44. The highest BCUT2D eigenvalue weighted by molar-refractivity contribution is 5.77. The smallest absolute Gasteiger partial charge is 0.222 e. The molecule has 3 heteroatoms. The van der Waals surface area contributed by atoms with E-state index in [1.54, 1.807) is 0 Å². The first-order valence-electron chi connectivity index (χ1n) is 7.90. The van der Waals surface area contributed by atoms with Crippen molar-refractivity contribution in [3.63, 3.8) is 0 Å². The van der Waals surface area contributed by atoms with Gasteiger partial charge in [0.25, 0.3) is 0 Å². The topological polar surface area (TPSA) is 40.5 Å². The van der Waals surface area contributed by atoms with E-state index in [9.17, 15) is 9.90 Å². The number of hydrogen-bond acceptors (Lipinski definition) is 2. The Morgan fingerprint density at radius 1 is 1.14 bits per heavy atom. The van der Waals surface area contributed by atoms with E-state index >= 15 is 0 Å². The van der Waals surface area contributed by atoms with Gasteiger partial charge < -0.3 is 10.0 Å². The number of amides is 1. The number of fused-ring (bicyclic) bond motifs is 1. The summed E-state index contributed by atoms with van der Waals surface area (Å²) in [6, 6.07) is 9.68. The number of rotatable bonds is 4. The van der Waals surface area contributed by atoms with Crippen LogP contribution in [0.2, 0.25) is 0 Å². The van der Waals surface area contributed by atoms with Crippen LogP contribution in [0.3, 0.4) is 0 Å². The van der Waals surface area contributed by atoms with Crippen LogP contribution in [0.1, 0.15) is 37.4 Å². The molecule has 112 valence electrons. The molecule has 2 aliphatic rings. The molecule has 1 aromatic carbocycles. The second-order valence-corrected chi connectivity index (χ2v) is 6.22. The fourth-order valence-corrected chi connectivity index (χ4v) is 3.47. The molecule has 0 bridgehead atoms. The zero-order chi connectivity index (χ0) is 14.7. The summed E-state index contributed by atoms with van der Waals surface area (Å²) in [4.78, 5) is 14.2. The summed E-state index contributed by atoms with van der Waals surface area (Å²) in [5.41, 5.74) is 0.931. The molecule has 0 radical (unpaired) electrons. The summed E-state index contributed by atoms with van der Waals surface area (Å²) >= 11 is 0. The van der Waals surface area contributed by atoms with Gasteiger partial charge in [-0.15, -0.1) is 0 Å². The Morgan fingerprint density at radius 3 is 2.62 bits per heavy atom. The molecule has 1 aromatic rings. The van der Waals surface area contributed by atoms with Crippen LogP contribution in [0, 0.1) is 11.8 Å². The standard InChI is InChI=1S/C18H23NO2/c20-17(14-6-2-1-3-7-14)10-11-19-13-16-9-5-4-8-15(16)12-18(19)21/h1-7,15-17,20H,8-13H2/t15-,16+,17+/m0/s1. The molecule has 0 spiro atoms. The molecular formula is C18H23NO2. The van der Waals surface area contributed by atoms with Gasteiger partial charge >= 0.3 is 0 Å². The van der Waals surface area contributed by atoms with E-state index in [-0.39, 0.29) is 5.91 Å². The summed E-state index contributed by atoms with van der Waals surface area (Å²) in [6.07, 6.45) is 7.41. The molecule has 1 saturated heterocycles. The van der Waals surface area contributed by atoms with Crippen molar-refractivity contribution >= 4 is 5.91 Å². The quantitative estimate of drug-likeness (QED) is 0.864. The molecule has 1 heterocycles. The number of carbonyl (C=O) groups excluding carboxylic acids is 1. The van der Waals surface area contributed by atoms with Gasteiger partial charge in [0.2, 0.25) is 5.91 Å². The number of hydrogen-bond donors (Lipinski definition) is 1. The molecule has 1 N–H and O–H groups in total. The third-order valence-corrected chi connectivity index (χ3v) is 4.81. The Balaban J connectivity index is 1.55. The van der Waals surface area contributed by atoms with E-state index in [0.29, 0.717) is 31.2 Å². The molecule has 1 amide bonds. The highest BCUT2D eigenvalue weighted by Gasteiger charge is 2.33. The molecule has 1 fully saturated rings. The number of piperidine rings is 1. The summed E-state index contributed by atoms with van der Waals surface area (Å²) in [7, 11) is 0. The zero-order valence-corrected chi connectivity index (χ0v) is 12.3. The van der Waals surface area contributed by atoms with Crippen molar-refractivity contribution in [1.82, 2.24) is 4.90 Å². The lowest BCUT2D eigenvalue weighted by atomic mass is 9.78. The Bertz CT molecular complexity index is 511. The average molecular weight is 285 g/mol. The first-order chi connectivity index (χ1) is 10.2. The number of likely N-dealkylation sites (tertiary alicyclic amines) is 1. The summed E-state index contributed by atoms with van der Waals surface area (Å²) in [5.74, 6) is 1.41. The first kappa shape index (κ1) is 14.3. The van der Waals surface area contributed by atoms with Crippen molar-refractivity contribution in [2.24, 2.45) is 11.8 Å². The number of aliphatic hydroxyl groups is 1. The molecule has 21 heavy (non-hydrogen) atoms. The van der Waals surface area contributed by atoms with Crippen LogP contribution in [0.25, 0.3) is 0 Å². The maximum Gasteiger partial charge on any atom is 0.222 e. The monoisotopic (exact) mass is 285 g/mol. The van der Waals surface area contributed by atoms with Gasteiger partial charge in [0.1, 0.15) is 0 Å². The van der Waals surface area contributed by atoms with Gasteiger partial charge in [-0.1, -0.05) is 42.5 Å². The zero-order valence-electron chi connectivity index (χ0n) is 12.3. The number of carbonyl (C=O) groups is 1. The van der Waals surface area contributed by atoms with E-state index in [2.05, 4.69) is 12.2 Å². The maximum atomic E-state index is 12.2. The minimum Gasteiger partial charge on any atom is -0.388 e. The van der Waals surface area contributed by atoms with Crippen LogP contribution in [-0.2, 0) is 4.79 Å². The van der Waals surface area contributed by atoms with E-state index in [1.807, 2.05) is 35.2 Å². The minimum atomic E-state index is -0.483. The number of aliphatic hydroxyl groups excluding tert-OH is 1. The van der Waals surface area contributed by atoms with Gasteiger partial charge in [-0.25, -0.2) is 0 Å². The van der Waals surface area contributed by atoms with E-state index < -0.39 is 6.10 Å². The fourth-order valence-electron chi connectivity index (χ4n) is 3.47. The molecule has 1 aliphatic heterocycles. The van der Waals surface area contributed by atoms with Gasteiger partial charge in [0.15, 0.2) is 0 Å². The lowest BCUT2D eigenvalue weighted by Gasteiger charge is -2.39. The normalized spacial score (nSPS) is 26.5. The molecule has 0 saturated carbocycles. The summed E-state index contributed by atoms with van der Waals surface area (Å²) in [6.45, 7) is 1.51. The second-order valence-electron chi connectivity index (χ2n) is 6.22. The van der Waals surface area contributed by atoms with Gasteiger partial charge in [-0.05, 0) is 36.7 Å². The van der Waals surface area contributed by atoms with Gasteiger partial charge in [0, 0.05) is 19.5 Å². The number of allylic oxidation sites excluding steroid dienone is 2. The molecule has 0 unspecified atom stereocenters. The van der Waals surface area contributed by atoms with Crippen LogP contribution in [0.5, 0.6) is 0 Å². The highest BCUT2D eigenvalue weighted by atomic mass is 16.3. The van der Waals surface area contributed by atoms with E-state index in [1.165, 1.54) is 0 Å². The third kappa shape index (κ3) is 3.35. The van der Waals surface area contributed by atoms with Gasteiger partial charge in [-0.3, -0.25) is 4.79 Å². The molecule has 3 atom stereocenters. The Labute approximate surface area is 126 Å². The summed E-state index contributed by atoms with van der Waals surface area (Å²) in [5, 5.41) is 10.2. The van der Waals surface area contributed by atoms with Crippen molar-refractivity contribution < 1.29 is 9.90 Å². The van der Waals surface area contributed by atoms with Gasteiger partial charge in [-0.2, -0.15) is 0 Å². The summed E-state index contributed by atoms with van der Waals surface area (Å²) < 4.78 is 0. The number of benzene rings is 1. The molecule has 0 aromatic heterocycles. The van der Waals surface area contributed by atoms with Crippen molar-refractivity contribution in [1.29, 1.82) is 0 Å². The van der Waals surface area contributed by atoms with Crippen LogP contribution >= 0.6 is 0 Å². The van der Waals surface area contributed by atoms with Crippen molar-refractivity contribution in [3.8, 4) is 0 Å². The predicted molar refractivity (Wildman–Crippen MR) is 82.6 cm³/mol.